The van der Waals surface area contributed by atoms with E-state index in [0.29, 0.717) is 35.6 Å². The molecule has 0 unspecified atom stereocenters. The van der Waals surface area contributed by atoms with Crippen LogP contribution in [-0.4, -0.2) is 48.8 Å². The first-order chi connectivity index (χ1) is 16.3. The summed E-state index contributed by atoms with van der Waals surface area (Å²) in [5, 5.41) is 0.688. The Kier molecular flexibility index (Phi) is 6.60. The molecular weight excluding hydrogens is 434 g/mol. The van der Waals surface area contributed by atoms with Crippen LogP contribution in [0.4, 0.5) is 11.6 Å². The molecule has 1 aromatic heterocycles. The molecule has 3 aromatic rings. The van der Waals surface area contributed by atoms with Crippen molar-refractivity contribution in [3.05, 3.63) is 89.0 Å². The van der Waals surface area contributed by atoms with Gasteiger partial charge >= 0.3 is 0 Å². The second-order valence-corrected chi connectivity index (χ2v) is 8.82. The summed E-state index contributed by atoms with van der Waals surface area (Å²) in [6.45, 7) is 3.56. The topological polar surface area (TPSA) is 58.3 Å². The van der Waals surface area contributed by atoms with Crippen molar-refractivity contribution in [2.75, 3.05) is 37.7 Å². The molecule has 0 bridgehead atoms. The smallest absolute Gasteiger partial charge is 0.266 e. The Labute approximate surface area is 197 Å². The number of anilines is 1. The molecule has 3 heterocycles. The van der Waals surface area contributed by atoms with Gasteiger partial charge in [0.15, 0.2) is 11.1 Å². The number of furan rings is 1. The minimum absolute atomic E-state index is 0.0464. The number of benzene rings is 2. The molecule has 6 nitrogen and oxygen atoms in total. The molecule has 0 atom stereocenters. The highest BCUT2D eigenvalue weighted by molar-refractivity contribution is 8.18. The van der Waals surface area contributed by atoms with Crippen molar-refractivity contribution in [2.45, 2.75) is 6.42 Å². The first-order valence-corrected chi connectivity index (χ1v) is 11.9. The van der Waals surface area contributed by atoms with Crippen molar-refractivity contribution in [1.82, 2.24) is 4.90 Å². The lowest BCUT2D eigenvalue weighted by Crippen LogP contribution is -2.35. The number of para-hydroxylation sites is 1. The van der Waals surface area contributed by atoms with E-state index in [2.05, 4.69) is 17.0 Å². The van der Waals surface area contributed by atoms with Crippen LogP contribution in [0.2, 0.25) is 0 Å². The van der Waals surface area contributed by atoms with Crippen LogP contribution in [0.3, 0.4) is 0 Å². The van der Waals surface area contributed by atoms with Gasteiger partial charge in [0, 0.05) is 31.8 Å². The highest BCUT2D eigenvalue weighted by Crippen LogP contribution is 2.35. The molecule has 2 saturated heterocycles. The molecule has 2 aliphatic heterocycles. The van der Waals surface area contributed by atoms with Gasteiger partial charge in [0.1, 0.15) is 5.76 Å². The predicted molar refractivity (Wildman–Crippen MR) is 133 cm³/mol. The summed E-state index contributed by atoms with van der Waals surface area (Å²) in [6, 6.07) is 23.8. The number of carbonyl (C=O) groups is 1. The molecule has 168 valence electrons. The summed E-state index contributed by atoms with van der Waals surface area (Å²) >= 11 is 1.39. The predicted octanol–water partition coefficient (Wildman–Crippen LogP) is 4.96. The molecular formula is C26H25N3O3S. The average molecular weight is 460 g/mol. The van der Waals surface area contributed by atoms with Gasteiger partial charge in [-0.15, -0.1) is 0 Å². The minimum atomic E-state index is -0.0464. The van der Waals surface area contributed by atoms with Crippen LogP contribution in [0, 0.1) is 0 Å². The van der Waals surface area contributed by atoms with Crippen molar-refractivity contribution < 1.29 is 13.9 Å². The third-order valence-electron chi connectivity index (χ3n) is 5.54. The fraction of sp³-hybridized carbons (Fsp3) is 0.231. The minimum Gasteiger partial charge on any atom is -0.441 e. The van der Waals surface area contributed by atoms with Crippen molar-refractivity contribution in [1.29, 1.82) is 0 Å². The van der Waals surface area contributed by atoms with Gasteiger partial charge < -0.3 is 14.1 Å². The van der Waals surface area contributed by atoms with E-state index in [1.54, 1.807) is 4.90 Å². The molecule has 5 rings (SSSR count). The second kappa shape index (κ2) is 10.1. The quantitative estimate of drug-likeness (QED) is 0.488. The van der Waals surface area contributed by atoms with Crippen molar-refractivity contribution >= 4 is 40.5 Å². The Hall–Kier alpha value is -3.29. The highest BCUT2D eigenvalue weighted by Gasteiger charge is 2.33. The molecule has 0 radical (unpaired) electrons. The van der Waals surface area contributed by atoms with Crippen molar-refractivity contribution in [3.8, 4) is 0 Å². The van der Waals surface area contributed by atoms with E-state index in [0.717, 1.165) is 31.1 Å². The lowest BCUT2D eigenvalue weighted by atomic mass is 10.1. The van der Waals surface area contributed by atoms with E-state index in [-0.39, 0.29) is 5.91 Å². The summed E-state index contributed by atoms with van der Waals surface area (Å²) in [5.74, 6) is 1.42. The number of amidine groups is 1. The molecule has 2 aliphatic rings. The molecule has 0 saturated carbocycles. The van der Waals surface area contributed by atoms with Crippen LogP contribution >= 0.6 is 11.8 Å². The zero-order valence-electron chi connectivity index (χ0n) is 18.2. The fourth-order valence-corrected chi connectivity index (χ4v) is 4.79. The number of carbonyl (C=O) groups excluding carboxylic acids is 1. The van der Waals surface area contributed by atoms with Crippen LogP contribution < -0.4 is 4.90 Å². The summed E-state index contributed by atoms with van der Waals surface area (Å²) in [6.07, 6.45) is 2.58. The number of amides is 1. The number of ether oxygens (including phenoxy) is 1. The zero-order chi connectivity index (χ0) is 22.5. The van der Waals surface area contributed by atoms with Crippen LogP contribution in [0.1, 0.15) is 11.3 Å². The Morgan fingerprint density at radius 2 is 1.67 bits per heavy atom. The summed E-state index contributed by atoms with van der Waals surface area (Å²) in [5.41, 5.74) is 2.01. The second-order valence-electron chi connectivity index (χ2n) is 7.81. The summed E-state index contributed by atoms with van der Waals surface area (Å²) in [4.78, 5) is 22.6. The molecule has 2 fully saturated rings. The normalized spacial score (nSPS) is 19.1. The van der Waals surface area contributed by atoms with Gasteiger partial charge in [-0.1, -0.05) is 48.5 Å². The van der Waals surface area contributed by atoms with Crippen LogP contribution in [0.25, 0.3) is 6.08 Å². The number of nitrogens with zero attached hydrogens (tertiary/aromatic N) is 3. The van der Waals surface area contributed by atoms with E-state index in [9.17, 15) is 4.79 Å². The van der Waals surface area contributed by atoms with Gasteiger partial charge in [-0.25, -0.2) is 4.99 Å². The van der Waals surface area contributed by atoms with Crippen LogP contribution in [-0.2, 0) is 16.0 Å². The molecule has 0 aliphatic carbocycles. The van der Waals surface area contributed by atoms with Gasteiger partial charge in [-0.2, -0.15) is 0 Å². The standard InChI is InChI=1S/C26H25N3O3S/c30-25-23(19-22-11-12-24(32-22)28-15-17-31-18-16-28)33-26(27-21-9-5-2-6-10-21)29(25)14-13-20-7-3-1-4-8-20/h1-12,19H,13-18H2/b23-19-,27-26?. The number of hydrogen-bond acceptors (Lipinski definition) is 6. The Balaban J connectivity index is 1.38. The molecule has 1 amide bonds. The summed E-state index contributed by atoms with van der Waals surface area (Å²) in [7, 11) is 0. The third kappa shape index (κ3) is 5.21. The highest BCUT2D eigenvalue weighted by atomic mass is 32.2. The fourth-order valence-electron chi connectivity index (χ4n) is 3.79. The maximum Gasteiger partial charge on any atom is 0.266 e. The van der Waals surface area contributed by atoms with E-state index >= 15 is 0 Å². The molecule has 0 N–H and O–H groups in total. The number of aliphatic imine (C=N–C) groups is 1. The van der Waals surface area contributed by atoms with Gasteiger partial charge in [0.05, 0.1) is 23.8 Å². The largest absolute Gasteiger partial charge is 0.441 e. The molecule has 33 heavy (non-hydrogen) atoms. The van der Waals surface area contributed by atoms with Gasteiger partial charge in [-0.3, -0.25) is 9.69 Å². The lowest BCUT2D eigenvalue weighted by Gasteiger charge is -2.26. The Bertz CT molecular complexity index is 1150. The van der Waals surface area contributed by atoms with E-state index in [4.69, 9.17) is 14.1 Å². The molecule has 2 aromatic carbocycles. The van der Waals surface area contributed by atoms with Crippen LogP contribution in [0.15, 0.2) is 87.1 Å². The number of thioether (sulfide) groups is 1. The van der Waals surface area contributed by atoms with Gasteiger partial charge in [-0.05, 0) is 41.9 Å². The summed E-state index contributed by atoms with van der Waals surface area (Å²) < 4.78 is 11.4. The monoisotopic (exact) mass is 459 g/mol. The first kappa shape index (κ1) is 21.6. The number of morpholine rings is 1. The molecule has 0 spiro atoms. The average Bonchev–Trinajstić information content (AvgIpc) is 3.44. The first-order valence-electron chi connectivity index (χ1n) is 11.1. The molecule has 7 heteroatoms. The number of hydrogen-bond donors (Lipinski definition) is 0. The van der Waals surface area contributed by atoms with Crippen molar-refractivity contribution in [2.24, 2.45) is 4.99 Å². The van der Waals surface area contributed by atoms with Crippen LogP contribution in [0.5, 0.6) is 0 Å². The maximum atomic E-state index is 13.3. The van der Waals surface area contributed by atoms with E-state index in [1.807, 2.05) is 66.7 Å². The third-order valence-corrected chi connectivity index (χ3v) is 6.55. The zero-order valence-corrected chi connectivity index (χ0v) is 19.0. The van der Waals surface area contributed by atoms with E-state index in [1.165, 1.54) is 17.3 Å². The lowest BCUT2D eigenvalue weighted by molar-refractivity contribution is -0.122. The van der Waals surface area contributed by atoms with Gasteiger partial charge in [0.25, 0.3) is 5.91 Å². The number of rotatable bonds is 6. The van der Waals surface area contributed by atoms with E-state index < -0.39 is 0 Å². The Morgan fingerprint density at radius 1 is 0.939 bits per heavy atom. The Morgan fingerprint density at radius 3 is 2.42 bits per heavy atom. The maximum absolute atomic E-state index is 13.3. The van der Waals surface area contributed by atoms with Crippen molar-refractivity contribution in [3.63, 3.8) is 0 Å². The SMILES string of the molecule is O=C1/C(=C/c2ccc(N3CCOCC3)o2)SC(=Nc2ccccc2)N1CCc1ccccc1. The van der Waals surface area contributed by atoms with Gasteiger partial charge in [0.2, 0.25) is 0 Å².